The minimum atomic E-state index is -0.818. The van der Waals surface area contributed by atoms with Crippen molar-refractivity contribution in [2.45, 2.75) is 129 Å². The van der Waals surface area contributed by atoms with Gasteiger partial charge in [0.1, 0.15) is 17.8 Å². The minimum Gasteiger partial charge on any atom is -0.462 e. The van der Waals surface area contributed by atoms with E-state index < -0.39 is 28.8 Å². The molecule has 2 N–H and O–H groups in total. The van der Waals surface area contributed by atoms with E-state index in [1.807, 2.05) is 0 Å². The van der Waals surface area contributed by atoms with E-state index in [2.05, 4.69) is 47.6 Å². The Morgan fingerprint density at radius 1 is 1.10 bits per heavy atom. The first-order valence-electron chi connectivity index (χ1n) is 15.4. The molecule has 216 valence electrons. The van der Waals surface area contributed by atoms with Crippen LogP contribution in [0.4, 0.5) is 0 Å². The number of hydrogen-bond acceptors (Lipinski definition) is 7. The van der Waals surface area contributed by atoms with Crippen LogP contribution in [0.15, 0.2) is 11.6 Å². The molecule has 3 heterocycles. The van der Waals surface area contributed by atoms with Crippen molar-refractivity contribution >= 4 is 5.97 Å². The molecule has 14 atom stereocenters. The van der Waals surface area contributed by atoms with Crippen LogP contribution in [0.5, 0.6) is 0 Å². The maximum absolute atomic E-state index is 12.7. The Morgan fingerprint density at radius 3 is 2.49 bits per heavy atom. The van der Waals surface area contributed by atoms with Gasteiger partial charge in [0, 0.05) is 35.5 Å². The number of allylic oxidation sites excluding steroid dienone is 1. The highest BCUT2D eigenvalue weighted by atomic mass is 16.8. The average molecular weight is 543 g/mol. The lowest BCUT2D eigenvalue weighted by molar-refractivity contribution is -0.315. The molecule has 4 saturated carbocycles. The summed E-state index contributed by atoms with van der Waals surface area (Å²) in [5.74, 6) is -0.496. The van der Waals surface area contributed by atoms with Crippen molar-refractivity contribution in [1.29, 1.82) is 0 Å². The summed E-state index contributed by atoms with van der Waals surface area (Å²) in [4.78, 5) is 12.7. The summed E-state index contributed by atoms with van der Waals surface area (Å²) in [6, 6.07) is 0. The third kappa shape index (κ3) is 2.56. The number of hydrogen-bond donors (Lipinski definition) is 2. The maximum atomic E-state index is 12.7. The van der Waals surface area contributed by atoms with Gasteiger partial charge < -0.3 is 29.2 Å². The van der Waals surface area contributed by atoms with Crippen LogP contribution in [0.3, 0.4) is 0 Å². The fourth-order valence-corrected chi connectivity index (χ4v) is 12.4. The number of epoxide rings is 1. The highest BCUT2D eigenvalue weighted by molar-refractivity contribution is 5.66. The van der Waals surface area contributed by atoms with Gasteiger partial charge in [-0.3, -0.25) is 4.79 Å². The SMILES string of the molecule is CC(=O)O[C@@H]1C[C@@]23C[C@@]24CC[C@H](O)C(C)(C)C4CC=C3[C@]2(C)[C@@H](O)[C@@H]3O[C@]4(C[C@@H](C)[C@@H]3[C@@]12C)OC[C@@]1(C)O[C@@H]41. The number of esters is 1. The van der Waals surface area contributed by atoms with Gasteiger partial charge in [0.05, 0.1) is 24.9 Å². The molecule has 0 aromatic rings. The molecule has 0 bridgehead atoms. The van der Waals surface area contributed by atoms with Crippen LogP contribution in [0.25, 0.3) is 0 Å². The van der Waals surface area contributed by atoms with Crippen LogP contribution >= 0.6 is 0 Å². The fourth-order valence-electron chi connectivity index (χ4n) is 12.4. The third-order valence-electron chi connectivity index (χ3n) is 14.4. The van der Waals surface area contributed by atoms with Gasteiger partial charge in [-0.05, 0) is 61.7 Å². The first-order chi connectivity index (χ1) is 18.1. The Labute approximate surface area is 232 Å². The second kappa shape index (κ2) is 6.96. The smallest absolute Gasteiger partial charge is 0.302 e. The van der Waals surface area contributed by atoms with E-state index in [1.54, 1.807) is 0 Å². The molecule has 3 aliphatic heterocycles. The van der Waals surface area contributed by atoms with Gasteiger partial charge in [-0.25, -0.2) is 0 Å². The van der Waals surface area contributed by atoms with Crippen LogP contribution < -0.4 is 0 Å². The fraction of sp³-hybridized carbons (Fsp3) is 0.906. The largest absolute Gasteiger partial charge is 0.462 e. The molecular formula is C32H46O7. The molecule has 0 amide bonds. The van der Waals surface area contributed by atoms with Crippen LogP contribution in [-0.4, -0.2) is 64.7 Å². The molecule has 0 radical (unpaired) electrons. The van der Waals surface area contributed by atoms with Crippen LogP contribution in [0.1, 0.15) is 87.0 Å². The molecule has 0 aromatic heterocycles. The van der Waals surface area contributed by atoms with Gasteiger partial charge in [-0.15, -0.1) is 0 Å². The molecule has 7 nitrogen and oxygen atoms in total. The predicted octanol–water partition coefficient (Wildman–Crippen LogP) is 4.14. The van der Waals surface area contributed by atoms with Gasteiger partial charge in [-0.1, -0.05) is 46.3 Å². The van der Waals surface area contributed by atoms with Crippen LogP contribution in [0.2, 0.25) is 0 Å². The number of fused-ring (bicyclic) bond motifs is 6. The van der Waals surface area contributed by atoms with Crippen molar-refractivity contribution in [3.8, 4) is 0 Å². The summed E-state index contributed by atoms with van der Waals surface area (Å²) in [5, 5.41) is 23.5. The Kier molecular flexibility index (Phi) is 4.59. The molecule has 0 aromatic carbocycles. The van der Waals surface area contributed by atoms with E-state index in [1.165, 1.54) is 12.5 Å². The van der Waals surface area contributed by atoms with E-state index >= 15 is 0 Å². The van der Waals surface area contributed by atoms with Gasteiger partial charge in [0.15, 0.2) is 5.79 Å². The zero-order chi connectivity index (χ0) is 27.8. The number of aliphatic hydroxyl groups is 2. The number of ether oxygens (including phenoxy) is 4. The molecule has 7 heteroatoms. The first-order valence-corrected chi connectivity index (χ1v) is 15.4. The Hall–Kier alpha value is -0.990. The molecule has 8 aliphatic rings. The molecule has 5 aliphatic carbocycles. The standard InChI is InChI=1S/C32H46O7/c1-16-12-32(25-27(5,39-25)15-36-32)38-23-22(16)29(7)21(37-17(2)33)13-31-14-30(31)11-10-20(34)26(3,4)18(30)8-9-19(31)28(29,6)24(23)35/h9,16,18,20-25,34-35H,8,10-15H2,1-7H3/t16-,18?,20+,21-,22+,23-,24+,25-,27-,28-,29-,30-,31+,32+/m1/s1. The second-order valence-electron chi connectivity index (χ2n) is 16.1. The van der Waals surface area contributed by atoms with Crippen molar-refractivity contribution in [3.05, 3.63) is 11.6 Å². The molecule has 7 fully saturated rings. The van der Waals surface area contributed by atoms with Gasteiger partial charge in [0.2, 0.25) is 0 Å². The quantitative estimate of drug-likeness (QED) is 0.292. The van der Waals surface area contributed by atoms with Crippen LogP contribution in [-0.2, 0) is 23.7 Å². The monoisotopic (exact) mass is 542 g/mol. The minimum absolute atomic E-state index is 0.0111. The molecule has 8 rings (SSSR count). The van der Waals surface area contributed by atoms with Gasteiger partial charge >= 0.3 is 5.97 Å². The summed E-state index contributed by atoms with van der Waals surface area (Å²) in [7, 11) is 0. The summed E-state index contributed by atoms with van der Waals surface area (Å²) >= 11 is 0. The molecular weight excluding hydrogens is 496 g/mol. The second-order valence-corrected chi connectivity index (χ2v) is 16.1. The molecule has 39 heavy (non-hydrogen) atoms. The van der Waals surface area contributed by atoms with Crippen molar-refractivity contribution in [1.82, 2.24) is 0 Å². The Bertz CT molecular complexity index is 1200. The summed E-state index contributed by atoms with van der Waals surface area (Å²) in [6.07, 6.45) is 5.80. The maximum Gasteiger partial charge on any atom is 0.302 e. The molecule has 1 unspecified atom stereocenters. The Morgan fingerprint density at radius 2 is 1.85 bits per heavy atom. The van der Waals surface area contributed by atoms with E-state index in [0.29, 0.717) is 18.9 Å². The van der Waals surface area contributed by atoms with Crippen LogP contribution in [0, 0.1) is 44.8 Å². The zero-order valence-corrected chi connectivity index (χ0v) is 24.6. The van der Waals surface area contributed by atoms with Gasteiger partial charge in [0.25, 0.3) is 0 Å². The summed E-state index contributed by atoms with van der Waals surface area (Å²) in [6.45, 7) is 15.4. The van der Waals surface area contributed by atoms with E-state index in [4.69, 9.17) is 18.9 Å². The topological polar surface area (TPSA) is 97.8 Å². The van der Waals surface area contributed by atoms with Crippen molar-refractivity contribution < 1.29 is 34.0 Å². The normalized spacial score (nSPS) is 63.1. The summed E-state index contributed by atoms with van der Waals surface area (Å²) < 4.78 is 25.7. The van der Waals surface area contributed by atoms with Gasteiger partial charge in [-0.2, -0.15) is 0 Å². The van der Waals surface area contributed by atoms with Crippen molar-refractivity contribution in [2.24, 2.45) is 44.8 Å². The lowest BCUT2D eigenvalue weighted by atomic mass is 9.44. The Balaban J connectivity index is 1.27. The van der Waals surface area contributed by atoms with E-state index in [0.717, 1.165) is 32.1 Å². The lowest BCUT2D eigenvalue weighted by Gasteiger charge is -2.62. The zero-order valence-electron chi connectivity index (χ0n) is 24.6. The highest BCUT2D eigenvalue weighted by Crippen LogP contribution is 2.88. The lowest BCUT2D eigenvalue weighted by Crippen LogP contribution is -2.61. The summed E-state index contributed by atoms with van der Waals surface area (Å²) in [5.41, 5.74) is -0.224. The van der Waals surface area contributed by atoms with Crippen molar-refractivity contribution in [3.63, 3.8) is 0 Å². The average Bonchev–Trinajstić information content (AvgIpc) is 3.69. The predicted molar refractivity (Wildman–Crippen MR) is 141 cm³/mol. The number of rotatable bonds is 1. The molecule has 3 spiro atoms. The number of carbonyl (C=O) groups excluding carboxylic acids is 1. The van der Waals surface area contributed by atoms with E-state index in [-0.39, 0.29) is 58.0 Å². The van der Waals surface area contributed by atoms with E-state index in [9.17, 15) is 15.0 Å². The first kappa shape index (κ1) is 25.7. The number of aliphatic hydroxyl groups excluding tert-OH is 2. The number of carbonyl (C=O) groups is 1. The third-order valence-corrected chi connectivity index (χ3v) is 14.4. The molecule has 3 saturated heterocycles. The van der Waals surface area contributed by atoms with Crippen molar-refractivity contribution in [2.75, 3.05) is 6.61 Å². The highest BCUT2D eigenvalue weighted by Gasteiger charge is 2.86.